The van der Waals surface area contributed by atoms with Crippen molar-refractivity contribution < 1.29 is 9.59 Å². The number of rotatable bonds is 4. The molecule has 4 nitrogen and oxygen atoms in total. The molecule has 0 bridgehead atoms. The zero-order chi connectivity index (χ0) is 19.6. The van der Waals surface area contributed by atoms with E-state index in [2.05, 4.69) is 5.32 Å². The van der Waals surface area contributed by atoms with Gasteiger partial charge in [0.05, 0.1) is 5.69 Å². The molecule has 0 atom stereocenters. The maximum absolute atomic E-state index is 12.7. The number of nitrogens with one attached hydrogen (secondary N) is 1. The van der Waals surface area contributed by atoms with E-state index in [1.807, 2.05) is 65.8 Å². The van der Waals surface area contributed by atoms with Gasteiger partial charge in [0, 0.05) is 12.6 Å². The Morgan fingerprint density at radius 2 is 1.23 bits per heavy atom. The summed E-state index contributed by atoms with van der Waals surface area (Å²) in [4.78, 5) is 26.5. The molecule has 2 aromatic rings. The summed E-state index contributed by atoms with van der Waals surface area (Å²) in [6.07, 6.45) is 0. The van der Waals surface area contributed by atoms with E-state index in [9.17, 15) is 9.59 Å². The Morgan fingerprint density at radius 1 is 0.808 bits per heavy atom. The third kappa shape index (κ3) is 4.31. The molecule has 0 aromatic heterocycles. The summed E-state index contributed by atoms with van der Waals surface area (Å²) in [5.41, 5.74) is 7.97. The van der Waals surface area contributed by atoms with Gasteiger partial charge in [-0.3, -0.25) is 9.59 Å². The summed E-state index contributed by atoms with van der Waals surface area (Å²) in [6, 6.07) is 8.15. The second kappa shape index (κ2) is 7.73. The summed E-state index contributed by atoms with van der Waals surface area (Å²) in [7, 11) is 0. The minimum atomic E-state index is -0.199. The van der Waals surface area contributed by atoms with Crippen molar-refractivity contribution in [2.45, 2.75) is 48.5 Å². The molecule has 0 radical (unpaired) electrons. The fourth-order valence-corrected chi connectivity index (χ4v) is 3.65. The normalized spacial score (nSPS) is 10.6. The third-order valence-electron chi connectivity index (χ3n) is 4.53. The first-order valence-electron chi connectivity index (χ1n) is 8.83. The fraction of sp³-hybridized carbons (Fsp3) is 0.364. The lowest BCUT2D eigenvalue weighted by molar-refractivity contribution is -0.120. The molecule has 2 rings (SSSR count). The van der Waals surface area contributed by atoms with E-state index in [0.29, 0.717) is 0 Å². The van der Waals surface area contributed by atoms with E-state index in [4.69, 9.17) is 0 Å². The van der Waals surface area contributed by atoms with Crippen LogP contribution in [-0.4, -0.2) is 18.4 Å². The molecule has 0 unspecified atom stereocenters. The molecular formula is C22H28N2O2. The lowest BCUT2D eigenvalue weighted by Gasteiger charge is -2.25. The molecule has 0 saturated carbocycles. The molecule has 1 N–H and O–H groups in total. The van der Waals surface area contributed by atoms with Crippen molar-refractivity contribution in [2.24, 2.45) is 0 Å². The molecule has 0 fully saturated rings. The van der Waals surface area contributed by atoms with Gasteiger partial charge in [0.2, 0.25) is 11.8 Å². The Bertz CT molecular complexity index is 822. The summed E-state index contributed by atoms with van der Waals surface area (Å²) >= 11 is 0. The highest BCUT2D eigenvalue weighted by Crippen LogP contribution is 2.27. The van der Waals surface area contributed by atoms with Crippen LogP contribution in [0.3, 0.4) is 0 Å². The van der Waals surface area contributed by atoms with E-state index in [-0.39, 0.29) is 18.4 Å². The van der Waals surface area contributed by atoms with Crippen molar-refractivity contribution in [3.63, 3.8) is 0 Å². The van der Waals surface area contributed by atoms with Gasteiger partial charge in [-0.05, 0) is 63.8 Å². The van der Waals surface area contributed by atoms with Crippen LogP contribution in [0, 0.1) is 41.5 Å². The second-order valence-electron chi connectivity index (χ2n) is 7.17. The number of nitrogens with zero attached hydrogens (tertiary/aromatic N) is 1. The van der Waals surface area contributed by atoms with Crippen molar-refractivity contribution >= 4 is 23.2 Å². The Hall–Kier alpha value is -2.62. The van der Waals surface area contributed by atoms with Gasteiger partial charge in [-0.15, -0.1) is 0 Å². The van der Waals surface area contributed by atoms with Gasteiger partial charge >= 0.3 is 0 Å². The van der Waals surface area contributed by atoms with Crippen LogP contribution in [0.2, 0.25) is 0 Å². The van der Waals surface area contributed by atoms with Crippen LogP contribution in [0.1, 0.15) is 40.3 Å². The Labute approximate surface area is 156 Å². The van der Waals surface area contributed by atoms with Crippen molar-refractivity contribution in [1.29, 1.82) is 0 Å². The molecule has 138 valence electrons. The molecule has 0 aliphatic carbocycles. The highest BCUT2D eigenvalue weighted by atomic mass is 16.2. The van der Waals surface area contributed by atoms with Gasteiger partial charge < -0.3 is 10.2 Å². The fourth-order valence-electron chi connectivity index (χ4n) is 3.65. The number of anilines is 2. The van der Waals surface area contributed by atoms with Gasteiger partial charge in [-0.25, -0.2) is 0 Å². The minimum Gasteiger partial charge on any atom is -0.324 e. The topological polar surface area (TPSA) is 49.4 Å². The summed E-state index contributed by atoms with van der Waals surface area (Å²) in [5.74, 6) is -0.345. The molecule has 0 aliphatic heterocycles. The molecule has 26 heavy (non-hydrogen) atoms. The zero-order valence-corrected chi connectivity index (χ0v) is 16.8. The second-order valence-corrected chi connectivity index (χ2v) is 7.17. The van der Waals surface area contributed by atoms with E-state index in [1.165, 1.54) is 6.92 Å². The smallest absolute Gasteiger partial charge is 0.244 e. The molecule has 2 aromatic carbocycles. The van der Waals surface area contributed by atoms with Crippen LogP contribution in [-0.2, 0) is 9.59 Å². The monoisotopic (exact) mass is 352 g/mol. The summed E-state index contributed by atoms with van der Waals surface area (Å²) < 4.78 is 0. The van der Waals surface area contributed by atoms with Crippen molar-refractivity contribution in [2.75, 3.05) is 16.8 Å². The molecule has 2 amide bonds. The van der Waals surface area contributed by atoms with Gasteiger partial charge in [-0.2, -0.15) is 0 Å². The van der Waals surface area contributed by atoms with E-state index >= 15 is 0 Å². The first-order valence-corrected chi connectivity index (χ1v) is 8.83. The van der Waals surface area contributed by atoms with E-state index < -0.39 is 0 Å². The molecular weight excluding hydrogens is 324 g/mol. The van der Waals surface area contributed by atoms with Gasteiger partial charge in [0.1, 0.15) is 6.54 Å². The highest BCUT2D eigenvalue weighted by Gasteiger charge is 2.20. The largest absolute Gasteiger partial charge is 0.324 e. The van der Waals surface area contributed by atoms with Crippen molar-refractivity contribution in [1.82, 2.24) is 0 Å². The summed E-state index contributed by atoms with van der Waals surface area (Å²) in [6.45, 7) is 13.4. The van der Waals surface area contributed by atoms with E-state index in [1.54, 1.807) is 4.90 Å². The average molecular weight is 352 g/mol. The average Bonchev–Trinajstić information content (AvgIpc) is 2.48. The minimum absolute atomic E-state index is 0.00711. The van der Waals surface area contributed by atoms with Crippen LogP contribution in [0.15, 0.2) is 24.3 Å². The zero-order valence-electron chi connectivity index (χ0n) is 16.8. The lowest BCUT2D eigenvalue weighted by atomic mass is 10.0. The van der Waals surface area contributed by atoms with E-state index in [0.717, 1.165) is 44.8 Å². The number of carbonyl (C=O) groups is 2. The third-order valence-corrected chi connectivity index (χ3v) is 4.53. The standard InChI is InChI=1S/C22H28N2O2/c1-13-8-15(3)21(16(4)9-13)23-20(26)12-24(19(7)25)22-17(5)10-14(2)11-18(22)6/h8-11H,12H2,1-7H3,(H,23,26). The molecule has 0 aliphatic rings. The number of hydrogen-bond acceptors (Lipinski definition) is 2. The summed E-state index contributed by atoms with van der Waals surface area (Å²) in [5, 5.41) is 2.98. The quantitative estimate of drug-likeness (QED) is 0.879. The molecule has 4 heteroatoms. The maximum atomic E-state index is 12.7. The van der Waals surface area contributed by atoms with Crippen molar-refractivity contribution in [3.05, 3.63) is 57.6 Å². The van der Waals surface area contributed by atoms with Crippen molar-refractivity contribution in [3.8, 4) is 0 Å². The Morgan fingerprint density at radius 3 is 1.65 bits per heavy atom. The van der Waals surface area contributed by atoms with Gasteiger partial charge in [0.15, 0.2) is 0 Å². The number of benzene rings is 2. The molecule has 0 spiro atoms. The van der Waals surface area contributed by atoms with Gasteiger partial charge in [0.25, 0.3) is 0 Å². The lowest BCUT2D eigenvalue weighted by Crippen LogP contribution is -2.37. The first-order chi connectivity index (χ1) is 12.1. The van der Waals surface area contributed by atoms with Crippen LogP contribution >= 0.6 is 0 Å². The van der Waals surface area contributed by atoms with Crippen LogP contribution in [0.25, 0.3) is 0 Å². The van der Waals surface area contributed by atoms with Crippen LogP contribution in [0.4, 0.5) is 11.4 Å². The number of aryl methyl sites for hydroxylation is 6. The maximum Gasteiger partial charge on any atom is 0.244 e. The molecule has 0 saturated heterocycles. The highest BCUT2D eigenvalue weighted by molar-refractivity contribution is 6.03. The molecule has 0 heterocycles. The number of hydrogen-bond donors (Lipinski definition) is 1. The van der Waals surface area contributed by atoms with Crippen LogP contribution < -0.4 is 10.2 Å². The SMILES string of the molecule is CC(=O)N(CC(=O)Nc1c(C)cc(C)cc1C)c1c(C)cc(C)cc1C. The first kappa shape index (κ1) is 19.7. The Balaban J connectivity index is 2.29. The van der Waals surface area contributed by atoms with Crippen LogP contribution in [0.5, 0.6) is 0 Å². The predicted octanol–water partition coefficient (Wildman–Crippen LogP) is 4.53. The van der Waals surface area contributed by atoms with Gasteiger partial charge in [-0.1, -0.05) is 35.4 Å². The predicted molar refractivity (Wildman–Crippen MR) is 108 cm³/mol. The Kier molecular flexibility index (Phi) is 5.86. The number of carbonyl (C=O) groups excluding carboxylic acids is 2. The number of amides is 2.